The van der Waals surface area contributed by atoms with E-state index in [1.54, 1.807) is 0 Å². The molecule has 4 rings (SSSR count). The molecular weight excluding hydrogens is 713 g/mol. The van der Waals surface area contributed by atoms with E-state index >= 15 is 0 Å². The highest BCUT2D eigenvalue weighted by atomic mass is 16.5. The predicted octanol–water partition coefficient (Wildman–Crippen LogP) is 15.4. The molecule has 0 aliphatic carbocycles. The Hall–Kier alpha value is -3.44. The van der Waals surface area contributed by atoms with Gasteiger partial charge >= 0.3 is 0 Å². The molecule has 0 radical (unpaired) electrons. The molecule has 4 nitrogen and oxygen atoms in total. The first-order chi connectivity index (χ1) is 28.3. The SMILES string of the molecule is CCCCCCC(OC(C)Cc1ccc(O)c(CC(C)OC(CCCCCC)c2ccccc2)c1CC(C)OC(CCCCCC)c1ccccc1)c1ccccc1. The van der Waals surface area contributed by atoms with Crippen molar-refractivity contribution in [3.63, 3.8) is 0 Å². The number of hydrogen-bond donors (Lipinski definition) is 1. The number of ether oxygens (including phenoxy) is 3. The van der Waals surface area contributed by atoms with Crippen LogP contribution in [-0.4, -0.2) is 23.4 Å². The summed E-state index contributed by atoms with van der Waals surface area (Å²) in [5.74, 6) is 0.339. The Balaban J connectivity index is 1.62. The third kappa shape index (κ3) is 16.7. The first kappa shape index (κ1) is 47.2. The van der Waals surface area contributed by atoms with Gasteiger partial charge in [-0.1, -0.05) is 195 Å². The van der Waals surface area contributed by atoms with E-state index in [0.717, 1.165) is 50.5 Å². The van der Waals surface area contributed by atoms with Gasteiger partial charge in [0.25, 0.3) is 0 Å². The minimum absolute atomic E-state index is 0.0152. The lowest BCUT2D eigenvalue weighted by molar-refractivity contribution is -0.0134. The molecule has 0 fully saturated rings. The van der Waals surface area contributed by atoms with Crippen LogP contribution < -0.4 is 0 Å². The summed E-state index contributed by atoms with van der Waals surface area (Å²) in [5, 5.41) is 11.7. The molecular formula is C54H78O4. The fourth-order valence-corrected chi connectivity index (χ4v) is 8.49. The van der Waals surface area contributed by atoms with Gasteiger partial charge in [-0.15, -0.1) is 0 Å². The third-order valence-electron chi connectivity index (χ3n) is 11.7. The normalized spacial score (nSPS) is 14.8. The van der Waals surface area contributed by atoms with Gasteiger partial charge in [0.1, 0.15) is 5.75 Å². The van der Waals surface area contributed by atoms with Crippen LogP contribution in [0.5, 0.6) is 5.75 Å². The van der Waals surface area contributed by atoms with E-state index in [0.29, 0.717) is 18.6 Å². The van der Waals surface area contributed by atoms with Crippen molar-refractivity contribution in [2.24, 2.45) is 0 Å². The van der Waals surface area contributed by atoms with Crippen molar-refractivity contribution in [1.29, 1.82) is 0 Å². The number of phenolic OH excluding ortho intramolecular Hbond substituents is 1. The molecule has 6 unspecified atom stereocenters. The summed E-state index contributed by atoms with van der Waals surface area (Å²) in [6.07, 6.45) is 19.6. The molecule has 6 atom stereocenters. The Labute approximate surface area is 354 Å². The maximum Gasteiger partial charge on any atom is 0.119 e. The molecule has 0 aromatic heterocycles. The van der Waals surface area contributed by atoms with Gasteiger partial charge < -0.3 is 19.3 Å². The van der Waals surface area contributed by atoms with Crippen molar-refractivity contribution in [3.8, 4) is 5.75 Å². The first-order valence-electron chi connectivity index (χ1n) is 23.3. The predicted molar refractivity (Wildman–Crippen MR) is 245 cm³/mol. The second-order valence-electron chi connectivity index (χ2n) is 16.9. The summed E-state index contributed by atoms with van der Waals surface area (Å²) in [6.45, 7) is 13.4. The largest absolute Gasteiger partial charge is 0.508 e. The van der Waals surface area contributed by atoms with Crippen LogP contribution in [0.3, 0.4) is 0 Å². The van der Waals surface area contributed by atoms with Gasteiger partial charge in [-0.3, -0.25) is 0 Å². The Morgan fingerprint density at radius 1 is 0.397 bits per heavy atom. The van der Waals surface area contributed by atoms with Crippen LogP contribution in [0.1, 0.15) is 190 Å². The monoisotopic (exact) mass is 791 g/mol. The summed E-state index contributed by atoms with van der Waals surface area (Å²) in [5.41, 5.74) is 7.09. The van der Waals surface area contributed by atoms with Crippen LogP contribution in [0.2, 0.25) is 0 Å². The van der Waals surface area contributed by atoms with Gasteiger partial charge in [0.05, 0.1) is 36.6 Å². The van der Waals surface area contributed by atoms with E-state index in [1.165, 1.54) is 85.6 Å². The van der Waals surface area contributed by atoms with Crippen molar-refractivity contribution in [2.45, 2.75) is 194 Å². The minimum Gasteiger partial charge on any atom is -0.508 e. The standard InChI is InChI=1S/C54H78O4/c1-7-10-13-25-34-52(45-28-19-16-20-29-45)56-42(4)39-48-37-38-51(55)50(41-44(6)58-54(36-27-15-12-9-3)47-32-23-18-24-33-47)49(48)40-43(5)57-53(35-26-14-11-8-2)46-30-21-17-22-31-46/h16-24,28-33,37-38,42-44,52-55H,7-15,25-27,34-36,39-41H2,1-6H3. The molecule has 0 aliphatic rings. The first-order valence-corrected chi connectivity index (χ1v) is 23.3. The summed E-state index contributed by atoms with van der Waals surface area (Å²) in [6, 6.07) is 36.2. The summed E-state index contributed by atoms with van der Waals surface area (Å²) in [4.78, 5) is 0. The lowest BCUT2D eigenvalue weighted by Crippen LogP contribution is -2.23. The fourth-order valence-electron chi connectivity index (χ4n) is 8.49. The fraction of sp³-hybridized carbons (Fsp3) is 0.556. The van der Waals surface area contributed by atoms with Crippen molar-refractivity contribution < 1.29 is 19.3 Å². The molecule has 0 spiro atoms. The average molecular weight is 791 g/mol. The molecule has 4 heteroatoms. The zero-order valence-corrected chi connectivity index (χ0v) is 37.2. The van der Waals surface area contributed by atoms with Gasteiger partial charge in [0, 0.05) is 6.42 Å². The molecule has 0 heterocycles. The Morgan fingerprint density at radius 3 is 1.10 bits per heavy atom. The molecule has 0 amide bonds. The Morgan fingerprint density at radius 2 is 0.741 bits per heavy atom. The van der Waals surface area contributed by atoms with Crippen molar-refractivity contribution in [2.75, 3.05) is 0 Å². The number of aromatic hydroxyl groups is 1. The van der Waals surface area contributed by atoms with Crippen molar-refractivity contribution >= 4 is 0 Å². The van der Waals surface area contributed by atoms with E-state index in [2.05, 4.69) is 139 Å². The van der Waals surface area contributed by atoms with E-state index in [-0.39, 0.29) is 36.6 Å². The van der Waals surface area contributed by atoms with Crippen LogP contribution >= 0.6 is 0 Å². The summed E-state index contributed by atoms with van der Waals surface area (Å²) in [7, 11) is 0. The smallest absolute Gasteiger partial charge is 0.119 e. The molecule has 4 aromatic rings. The van der Waals surface area contributed by atoms with Crippen LogP contribution in [0.25, 0.3) is 0 Å². The summed E-state index contributed by atoms with van der Waals surface area (Å²) >= 11 is 0. The van der Waals surface area contributed by atoms with Crippen LogP contribution in [-0.2, 0) is 33.5 Å². The summed E-state index contributed by atoms with van der Waals surface area (Å²) < 4.78 is 20.9. The number of phenols is 1. The number of benzene rings is 4. The maximum atomic E-state index is 11.7. The van der Waals surface area contributed by atoms with Gasteiger partial charge in [-0.05, 0) is 92.3 Å². The van der Waals surface area contributed by atoms with Crippen LogP contribution in [0, 0.1) is 0 Å². The molecule has 0 saturated heterocycles. The minimum atomic E-state index is -0.0950. The molecule has 58 heavy (non-hydrogen) atoms. The number of hydrogen-bond acceptors (Lipinski definition) is 4. The zero-order chi connectivity index (χ0) is 41.4. The molecule has 0 saturated carbocycles. The zero-order valence-electron chi connectivity index (χ0n) is 37.2. The molecule has 318 valence electrons. The highest BCUT2D eigenvalue weighted by Gasteiger charge is 2.25. The third-order valence-corrected chi connectivity index (χ3v) is 11.7. The number of rotatable bonds is 30. The van der Waals surface area contributed by atoms with E-state index in [9.17, 15) is 5.11 Å². The topological polar surface area (TPSA) is 47.9 Å². The molecule has 4 aromatic carbocycles. The Kier molecular flexibility index (Phi) is 22.3. The van der Waals surface area contributed by atoms with Crippen molar-refractivity contribution in [1.82, 2.24) is 0 Å². The van der Waals surface area contributed by atoms with Gasteiger partial charge in [0.2, 0.25) is 0 Å². The highest BCUT2D eigenvalue weighted by Crippen LogP contribution is 2.35. The van der Waals surface area contributed by atoms with Gasteiger partial charge in [0.15, 0.2) is 0 Å². The van der Waals surface area contributed by atoms with Gasteiger partial charge in [-0.2, -0.15) is 0 Å². The van der Waals surface area contributed by atoms with E-state index < -0.39 is 0 Å². The second kappa shape index (κ2) is 27.3. The molecule has 0 aliphatic heterocycles. The van der Waals surface area contributed by atoms with Crippen molar-refractivity contribution in [3.05, 3.63) is 137 Å². The van der Waals surface area contributed by atoms with Crippen LogP contribution in [0.4, 0.5) is 0 Å². The van der Waals surface area contributed by atoms with E-state index in [4.69, 9.17) is 14.2 Å². The number of unbranched alkanes of at least 4 members (excludes halogenated alkanes) is 9. The van der Waals surface area contributed by atoms with Crippen LogP contribution in [0.15, 0.2) is 103 Å². The van der Waals surface area contributed by atoms with E-state index in [1.807, 2.05) is 6.07 Å². The molecule has 0 bridgehead atoms. The second-order valence-corrected chi connectivity index (χ2v) is 16.9. The molecule has 1 N–H and O–H groups in total. The lowest BCUT2D eigenvalue weighted by Gasteiger charge is -2.28. The average Bonchev–Trinajstić information content (AvgIpc) is 3.24. The Bertz CT molecular complexity index is 1620. The maximum absolute atomic E-state index is 11.7. The quantitative estimate of drug-likeness (QED) is 0.0535. The lowest BCUT2D eigenvalue weighted by atomic mass is 9.89. The highest BCUT2D eigenvalue weighted by molar-refractivity contribution is 5.46. The van der Waals surface area contributed by atoms with Gasteiger partial charge in [-0.25, -0.2) is 0 Å².